The highest BCUT2D eigenvalue weighted by atomic mass is 19.3. The smallest absolute Gasteiger partial charge is 0.297 e. The molecule has 2 aliphatic rings. The van der Waals surface area contributed by atoms with E-state index in [0.717, 1.165) is 23.5 Å². The van der Waals surface area contributed by atoms with E-state index in [-0.39, 0.29) is 0 Å². The lowest BCUT2D eigenvalue weighted by molar-refractivity contribution is -0.301. The number of halogens is 2. The molecule has 5 nitrogen and oxygen atoms in total. The van der Waals surface area contributed by atoms with Crippen LogP contribution in [0, 0.1) is 23.7 Å². The Labute approximate surface area is 169 Å². The van der Waals surface area contributed by atoms with Crippen LogP contribution in [-0.2, 0) is 17.7 Å². The first-order chi connectivity index (χ1) is 13.9. The summed E-state index contributed by atoms with van der Waals surface area (Å²) in [7, 11) is 0. The lowest BCUT2D eigenvalue weighted by Crippen LogP contribution is -2.61. The molecule has 4 rings (SSSR count). The van der Waals surface area contributed by atoms with Gasteiger partial charge in [-0.25, -0.2) is 8.78 Å². The molecule has 1 aromatic carbocycles. The third-order valence-corrected chi connectivity index (χ3v) is 6.08. The second-order valence-electron chi connectivity index (χ2n) is 8.25. The number of hydrogen-bond donors (Lipinski definition) is 0. The normalized spacial score (nSPS) is 26.1. The number of nitriles is 1. The molecule has 0 bridgehead atoms. The molecule has 0 aliphatic carbocycles. The molecular weight excluding hydrogens is 374 g/mol. The highest BCUT2D eigenvalue weighted by molar-refractivity contribution is 5.31. The fraction of sp³-hybridized carbons (Fsp3) is 0.500. The first-order valence-electron chi connectivity index (χ1n) is 9.90. The van der Waals surface area contributed by atoms with E-state index >= 15 is 0 Å². The predicted octanol–water partition coefficient (Wildman–Crippen LogP) is 3.52. The van der Waals surface area contributed by atoms with Gasteiger partial charge in [-0.05, 0) is 62.6 Å². The van der Waals surface area contributed by atoms with Gasteiger partial charge in [-0.2, -0.15) is 15.5 Å². The number of likely N-dealkylation sites (tertiary alicyclic amines) is 1. The number of aryl methyl sites for hydroxylation is 2. The van der Waals surface area contributed by atoms with Gasteiger partial charge in [0.05, 0.1) is 23.0 Å². The highest BCUT2D eigenvalue weighted by Crippen LogP contribution is 2.50. The summed E-state index contributed by atoms with van der Waals surface area (Å²) in [5.41, 5.74) is 2.76. The van der Waals surface area contributed by atoms with Gasteiger partial charge in [-0.1, -0.05) is 12.1 Å². The Morgan fingerprint density at radius 1 is 1.21 bits per heavy atom. The Balaban J connectivity index is 1.48. The van der Waals surface area contributed by atoms with Gasteiger partial charge in [0, 0.05) is 18.5 Å². The van der Waals surface area contributed by atoms with Gasteiger partial charge in [0.1, 0.15) is 12.7 Å². The number of nitrogens with zero attached hydrogens (tertiary/aromatic N) is 4. The minimum atomic E-state index is -2.77. The molecule has 0 N–H and O–H groups in total. The summed E-state index contributed by atoms with van der Waals surface area (Å²) in [5.74, 6) is -2.77. The van der Waals surface area contributed by atoms with Crippen molar-refractivity contribution in [3.8, 4) is 6.07 Å². The summed E-state index contributed by atoms with van der Waals surface area (Å²) >= 11 is 0. The van der Waals surface area contributed by atoms with E-state index in [0.29, 0.717) is 37.9 Å². The number of rotatable bonds is 6. The number of benzene rings is 1. The Bertz CT molecular complexity index is 895. The maximum absolute atomic E-state index is 14.3. The quantitative estimate of drug-likeness (QED) is 0.745. The van der Waals surface area contributed by atoms with E-state index in [4.69, 9.17) is 10.00 Å². The second-order valence-corrected chi connectivity index (χ2v) is 8.25. The van der Waals surface area contributed by atoms with E-state index in [1.807, 2.05) is 31.2 Å². The molecular formula is C22H24F2N4O. The molecule has 0 saturated carbocycles. The van der Waals surface area contributed by atoms with Crippen LogP contribution in [0.3, 0.4) is 0 Å². The van der Waals surface area contributed by atoms with Crippen molar-refractivity contribution in [1.29, 1.82) is 5.26 Å². The molecule has 2 saturated heterocycles. The third-order valence-electron chi connectivity index (χ3n) is 6.08. The SMILES string of the molecule is Cc1ccc(CN2CC[C@@](CCc3ccc(C#N)cc3)([C@H]3OCC3(F)F)C2)nn1. The largest absolute Gasteiger partial charge is 0.365 e. The topological polar surface area (TPSA) is 62.0 Å². The van der Waals surface area contributed by atoms with Crippen LogP contribution in [0.15, 0.2) is 36.4 Å². The number of alkyl halides is 2. The number of aromatic nitrogens is 2. The predicted molar refractivity (Wildman–Crippen MR) is 103 cm³/mol. The zero-order valence-electron chi connectivity index (χ0n) is 16.4. The lowest BCUT2D eigenvalue weighted by atomic mass is 9.72. The number of ether oxygens (including phenoxy) is 1. The minimum absolute atomic E-state index is 0.486. The van der Waals surface area contributed by atoms with Crippen LogP contribution >= 0.6 is 0 Å². The molecule has 152 valence electrons. The molecule has 2 aliphatic heterocycles. The van der Waals surface area contributed by atoms with Gasteiger partial charge in [0.25, 0.3) is 5.92 Å². The average Bonchev–Trinajstić information content (AvgIpc) is 3.11. The molecule has 0 amide bonds. The van der Waals surface area contributed by atoms with Gasteiger partial charge in [0.2, 0.25) is 0 Å². The monoisotopic (exact) mass is 398 g/mol. The van der Waals surface area contributed by atoms with Crippen molar-refractivity contribution in [2.75, 3.05) is 19.7 Å². The maximum atomic E-state index is 14.3. The summed E-state index contributed by atoms with van der Waals surface area (Å²) in [4.78, 5) is 2.18. The van der Waals surface area contributed by atoms with Crippen LogP contribution in [0.5, 0.6) is 0 Å². The van der Waals surface area contributed by atoms with Crippen molar-refractivity contribution in [2.24, 2.45) is 5.41 Å². The van der Waals surface area contributed by atoms with E-state index in [9.17, 15) is 8.78 Å². The summed E-state index contributed by atoms with van der Waals surface area (Å²) in [6.07, 6.45) is 0.931. The lowest BCUT2D eigenvalue weighted by Gasteiger charge is -2.48. The Kier molecular flexibility index (Phi) is 5.32. The maximum Gasteiger partial charge on any atom is 0.297 e. The van der Waals surface area contributed by atoms with E-state index in [2.05, 4.69) is 21.2 Å². The van der Waals surface area contributed by atoms with E-state index in [1.165, 1.54) is 0 Å². The van der Waals surface area contributed by atoms with E-state index < -0.39 is 24.0 Å². The van der Waals surface area contributed by atoms with Crippen LogP contribution in [0.25, 0.3) is 0 Å². The van der Waals surface area contributed by atoms with Crippen molar-refractivity contribution < 1.29 is 13.5 Å². The van der Waals surface area contributed by atoms with Crippen molar-refractivity contribution >= 4 is 0 Å². The molecule has 2 aromatic rings. The van der Waals surface area contributed by atoms with Crippen LogP contribution < -0.4 is 0 Å². The first kappa shape index (κ1) is 19.9. The summed E-state index contributed by atoms with van der Waals surface area (Å²) in [6.45, 7) is 3.29. The fourth-order valence-electron chi connectivity index (χ4n) is 4.46. The van der Waals surface area contributed by atoms with Crippen LogP contribution in [0.4, 0.5) is 8.78 Å². The van der Waals surface area contributed by atoms with Crippen molar-refractivity contribution in [2.45, 2.75) is 44.8 Å². The zero-order valence-corrected chi connectivity index (χ0v) is 16.4. The van der Waals surface area contributed by atoms with Crippen LogP contribution in [0.1, 0.15) is 35.4 Å². The zero-order chi connectivity index (χ0) is 20.5. The Morgan fingerprint density at radius 2 is 2.00 bits per heavy atom. The summed E-state index contributed by atoms with van der Waals surface area (Å²) in [5, 5.41) is 17.2. The van der Waals surface area contributed by atoms with Crippen molar-refractivity contribution in [1.82, 2.24) is 15.1 Å². The minimum Gasteiger partial charge on any atom is -0.365 e. The fourth-order valence-corrected chi connectivity index (χ4v) is 4.46. The molecule has 0 unspecified atom stereocenters. The summed E-state index contributed by atoms with van der Waals surface area (Å²) in [6, 6.07) is 13.3. The average molecular weight is 398 g/mol. The first-order valence-corrected chi connectivity index (χ1v) is 9.90. The highest BCUT2D eigenvalue weighted by Gasteiger charge is 2.61. The number of hydrogen-bond acceptors (Lipinski definition) is 5. The van der Waals surface area contributed by atoms with Crippen molar-refractivity contribution in [3.05, 3.63) is 58.9 Å². The Morgan fingerprint density at radius 3 is 2.59 bits per heavy atom. The van der Waals surface area contributed by atoms with Gasteiger partial charge in [-0.3, -0.25) is 4.90 Å². The Hall–Kier alpha value is -2.43. The molecule has 29 heavy (non-hydrogen) atoms. The van der Waals surface area contributed by atoms with Gasteiger partial charge in [-0.15, -0.1) is 0 Å². The molecule has 0 radical (unpaired) electrons. The van der Waals surface area contributed by atoms with Crippen LogP contribution in [-0.4, -0.2) is 46.8 Å². The summed E-state index contributed by atoms with van der Waals surface area (Å²) < 4.78 is 34.1. The molecule has 2 atom stereocenters. The molecule has 1 aromatic heterocycles. The van der Waals surface area contributed by atoms with Crippen molar-refractivity contribution in [3.63, 3.8) is 0 Å². The third kappa shape index (κ3) is 4.14. The molecule has 3 heterocycles. The van der Waals surface area contributed by atoms with Gasteiger partial charge < -0.3 is 4.74 Å². The van der Waals surface area contributed by atoms with Gasteiger partial charge >= 0.3 is 0 Å². The molecule has 2 fully saturated rings. The van der Waals surface area contributed by atoms with E-state index in [1.54, 1.807) is 12.1 Å². The molecule has 0 spiro atoms. The van der Waals surface area contributed by atoms with Crippen LogP contribution in [0.2, 0.25) is 0 Å². The molecule has 7 heteroatoms. The van der Waals surface area contributed by atoms with Gasteiger partial charge in [0.15, 0.2) is 0 Å². The standard InChI is InChI=1S/C22H24F2N4O/c1-16-2-7-19(27-26-16)13-28-11-10-21(14-28,20-22(23,24)15-29-20)9-8-17-3-5-18(12-25)6-4-17/h2-7,20H,8-11,13-15H2,1H3/t20-,21-/m1/s1. The second kappa shape index (κ2) is 7.77.